The maximum atomic E-state index is 4.87. The molecule has 1 aliphatic rings. The Morgan fingerprint density at radius 1 is 0.815 bits per heavy atom. The lowest BCUT2D eigenvalue weighted by Gasteiger charge is -2.22. The zero-order valence-corrected chi connectivity index (χ0v) is 16.5. The molecule has 0 aliphatic carbocycles. The Bertz CT molecular complexity index is 888. The second kappa shape index (κ2) is 8.98. The van der Waals surface area contributed by atoms with E-state index >= 15 is 0 Å². The van der Waals surface area contributed by atoms with Gasteiger partial charge in [-0.05, 0) is 0 Å². The molecular weight excluding hydrogens is 369 g/mol. The van der Waals surface area contributed by atoms with Crippen molar-refractivity contribution in [3.8, 4) is 0 Å². The van der Waals surface area contributed by atoms with E-state index in [0.717, 1.165) is 28.9 Å². The van der Waals surface area contributed by atoms with Crippen LogP contribution in [0.4, 0.5) is 0 Å². The number of rotatable bonds is 4. The summed E-state index contributed by atoms with van der Waals surface area (Å²) in [4.78, 5) is 9.38. The van der Waals surface area contributed by atoms with Gasteiger partial charge >= 0.3 is 0 Å². The summed E-state index contributed by atoms with van der Waals surface area (Å²) in [6.45, 7) is 0.845. The van der Waals surface area contributed by atoms with Gasteiger partial charge < -0.3 is 5.09 Å². The van der Waals surface area contributed by atoms with Gasteiger partial charge in [0.2, 0.25) is 0 Å². The summed E-state index contributed by atoms with van der Waals surface area (Å²) in [7, 11) is -0.779. The van der Waals surface area contributed by atoms with Crippen LogP contribution in [0.1, 0.15) is 5.56 Å². The van der Waals surface area contributed by atoms with Gasteiger partial charge in [0.25, 0.3) is 0 Å². The fraction of sp³-hybridized carbons (Fsp3) is 0.0909. The summed E-state index contributed by atoms with van der Waals surface area (Å²) >= 11 is 1.71. The Kier molecular flexibility index (Phi) is 5.98. The molecule has 0 radical (unpaired) electrons. The molecule has 0 aromatic heterocycles. The number of amidine groups is 2. The lowest BCUT2D eigenvalue weighted by atomic mass is 10.2. The van der Waals surface area contributed by atoms with E-state index < -0.39 is 8.07 Å². The lowest BCUT2D eigenvalue weighted by Crippen LogP contribution is -2.29. The Balaban J connectivity index is 1.74. The van der Waals surface area contributed by atoms with Crippen LogP contribution in [0.25, 0.3) is 0 Å². The molecule has 0 unspecified atom stereocenters. The van der Waals surface area contributed by atoms with Crippen molar-refractivity contribution in [3.63, 3.8) is 0 Å². The average Bonchev–Trinajstić information content (AvgIpc) is 3.26. The molecule has 3 nitrogen and oxygen atoms in total. The first-order valence-electron chi connectivity index (χ1n) is 8.88. The quantitative estimate of drug-likeness (QED) is 0.413. The van der Waals surface area contributed by atoms with E-state index in [1.807, 2.05) is 18.2 Å². The first kappa shape index (κ1) is 18.0. The Morgan fingerprint density at radius 3 is 1.89 bits per heavy atom. The molecule has 0 saturated heterocycles. The zero-order valence-electron chi connectivity index (χ0n) is 14.8. The molecule has 5 heteroatoms. The van der Waals surface area contributed by atoms with Gasteiger partial charge in [0.15, 0.2) is 5.17 Å². The predicted octanol–water partition coefficient (Wildman–Crippen LogP) is 4.17. The summed E-state index contributed by atoms with van der Waals surface area (Å²) in [6.07, 6.45) is 0. The molecule has 3 aromatic carbocycles. The van der Waals surface area contributed by atoms with Gasteiger partial charge in [-0.2, -0.15) is 0 Å². The molecule has 0 saturated carbocycles. The SMILES string of the molecule is c1ccc(/C(=N\C2=NCCS2)NP(c2ccccc2)c2ccccc2)cc1. The molecule has 3 aromatic rings. The highest BCUT2D eigenvalue weighted by Crippen LogP contribution is 2.29. The topological polar surface area (TPSA) is 36.8 Å². The number of hydrogen-bond acceptors (Lipinski definition) is 3. The van der Waals surface area contributed by atoms with E-state index in [-0.39, 0.29) is 0 Å². The number of nitrogens with zero attached hydrogens (tertiary/aromatic N) is 2. The second-order valence-electron chi connectivity index (χ2n) is 5.96. The van der Waals surface area contributed by atoms with Crippen LogP contribution in [-0.4, -0.2) is 23.3 Å². The normalized spacial score (nSPS) is 14.3. The molecule has 27 heavy (non-hydrogen) atoms. The zero-order chi connectivity index (χ0) is 18.3. The molecule has 1 N–H and O–H groups in total. The molecule has 0 amide bonds. The summed E-state index contributed by atoms with van der Waals surface area (Å²) < 4.78 is 0. The van der Waals surface area contributed by atoms with Gasteiger partial charge in [-0.15, -0.1) is 0 Å². The summed E-state index contributed by atoms with van der Waals surface area (Å²) in [5, 5.41) is 7.14. The van der Waals surface area contributed by atoms with Gasteiger partial charge in [0.05, 0.1) is 14.6 Å². The molecule has 0 atom stereocenters. The maximum Gasteiger partial charge on any atom is 0.185 e. The maximum absolute atomic E-state index is 4.87. The van der Waals surface area contributed by atoms with E-state index in [4.69, 9.17) is 4.99 Å². The van der Waals surface area contributed by atoms with Crippen LogP contribution in [0.2, 0.25) is 0 Å². The van der Waals surface area contributed by atoms with Crippen LogP contribution >= 0.6 is 19.8 Å². The van der Waals surface area contributed by atoms with Crippen LogP contribution in [0, 0.1) is 0 Å². The molecule has 4 rings (SSSR count). The largest absolute Gasteiger partial charge is 0.341 e. The van der Waals surface area contributed by atoms with E-state index in [0.29, 0.717) is 0 Å². The molecule has 134 valence electrons. The number of benzene rings is 3. The lowest BCUT2D eigenvalue weighted by molar-refractivity contribution is 1.17. The van der Waals surface area contributed by atoms with Crippen molar-refractivity contribution in [2.45, 2.75) is 0 Å². The van der Waals surface area contributed by atoms with Crippen LogP contribution in [0.15, 0.2) is 101 Å². The first-order valence-corrected chi connectivity index (χ1v) is 11.2. The Labute approximate surface area is 165 Å². The third kappa shape index (κ3) is 4.65. The molecule has 0 bridgehead atoms. The van der Waals surface area contributed by atoms with E-state index in [1.54, 1.807) is 11.8 Å². The highest BCUT2D eigenvalue weighted by atomic mass is 32.2. The second-order valence-corrected chi connectivity index (χ2v) is 8.95. The highest BCUT2D eigenvalue weighted by molar-refractivity contribution is 8.14. The van der Waals surface area contributed by atoms with Gasteiger partial charge in [0.1, 0.15) is 5.84 Å². The van der Waals surface area contributed by atoms with Crippen molar-refractivity contribution in [1.82, 2.24) is 5.09 Å². The molecule has 1 heterocycles. The number of aliphatic imine (C=N–C) groups is 2. The standard InChI is InChI=1S/C22H20N3PS/c1-4-10-18(11-5-1)21(24-22-23-16-17-27-22)25-26(19-12-6-2-7-13-19)20-14-8-3-9-15-20/h1-15H,16-17H2,(H,23,24,25). The van der Waals surface area contributed by atoms with Crippen LogP contribution in [-0.2, 0) is 0 Å². The Morgan fingerprint density at radius 2 is 1.37 bits per heavy atom. The third-order valence-corrected chi connectivity index (χ3v) is 7.00. The van der Waals surface area contributed by atoms with Crippen molar-refractivity contribution in [2.75, 3.05) is 12.3 Å². The number of nitrogens with one attached hydrogen (secondary N) is 1. The fourth-order valence-corrected chi connectivity index (χ4v) is 5.37. The van der Waals surface area contributed by atoms with Crippen molar-refractivity contribution in [1.29, 1.82) is 0 Å². The van der Waals surface area contributed by atoms with Crippen LogP contribution in [0.5, 0.6) is 0 Å². The van der Waals surface area contributed by atoms with Crippen LogP contribution < -0.4 is 15.7 Å². The minimum atomic E-state index is -0.779. The first-order chi connectivity index (χ1) is 13.4. The van der Waals surface area contributed by atoms with Crippen molar-refractivity contribution < 1.29 is 0 Å². The van der Waals surface area contributed by atoms with Gasteiger partial charge in [0, 0.05) is 21.9 Å². The monoisotopic (exact) mass is 389 g/mol. The Hall–Kier alpha value is -2.42. The number of thioether (sulfide) groups is 1. The summed E-state index contributed by atoms with van der Waals surface area (Å²) in [5.41, 5.74) is 1.08. The van der Waals surface area contributed by atoms with Gasteiger partial charge in [-0.25, -0.2) is 4.99 Å². The minimum absolute atomic E-state index is 0.779. The molecule has 1 aliphatic heterocycles. The third-order valence-electron chi connectivity index (χ3n) is 4.07. The summed E-state index contributed by atoms with van der Waals surface area (Å²) in [5.74, 6) is 1.88. The van der Waals surface area contributed by atoms with Crippen LogP contribution in [0.3, 0.4) is 0 Å². The molecule has 0 spiro atoms. The average molecular weight is 389 g/mol. The predicted molar refractivity (Wildman–Crippen MR) is 120 cm³/mol. The van der Waals surface area contributed by atoms with Crippen molar-refractivity contribution in [2.24, 2.45) is 9.98 Å². The van der Waals surface area contributed by atoms with E-state index in [1.165, 1.54) is 10.6 Å². The number of hydrogen-bond donors (Lipinski definition) is 1. The fourth-order valence-electron chi connectivity index (χ4n) is 2.78. The van der Waals surface area contributed by atoms with Gasteiger partial charge in [-0.3, -0.25) is 4.99 Å². The van der Waals surface area contributed by atoms with Crippen molar-refractivity contribution in [3.05, 3.63) is 96.6 Å². The van der Waals surface area contributed by atoms with E-state index in [2.05, 4.69) is 82.9 Å². The van der Waals surface area contributed by atoms with Gasteiger partial charge in [-0.1, -0.05) is 103 Å². The van der Waals surface area contributed by atoms with E-state index in [9.17, 15) is 0 Å². The minimum Gasteiger partial charge on any atom is -0.341 e. The smallest absolute Gasteiger partial charge is 0.185 e. The van der Waals surface area contributed by atoms with Crippen molar-refractivity contribution >= 4 is 41.4 Å². The highest BCUT2D eigenvalue weighted by Gasteiger charge is 2.18. The molecule has 0 fully saturated rings. The summed E-state index contributed by atoms with van der Waals surface area (Å²) in [6, 6.07) is 31.5. The molecular formula is C22H20N3PS.